The molecule has 6 heteroatoms. The van der Waals surface area contributed by atoms with Crippen molar-refractivity contribution in [2.75, 3.05) is 13.1 Å². The van der Waals surface area contributed by atoms with Gasteiger partial charge in [0.1, 0.15) is 0 Å². The maximum Gasteiger partial charge on any atom is 0.276 e. The molecule has 1 heterocycles. The third kappa shape index (κ3) is 2.41. The number of nitrogens with two attached hydrogens (primary N) is 2. The minimum atomic E-state index is -3.51. The van der Waals surface area contributed by atoms with E-state index in [9.17, 15) is 8.42 Å². The molecule has 5 nitrogen and oxygen atoms in total. The van der Waals surface area contributed by atoms with Crippen LogP contribution in [-0.2, 0) is 10.2 Å². The molecule has 0 bridgehead atoms. The Hall–Kier alpha value is -0.170. The van der Waals surface area contributed by atoms with Crippen molar-refractivity contribution in [3.8, 4) is 0 Å². The second-order valence-corrected chi connectivity index (χ2v) is 4.35. The highest BCUT2D eigenvalue weighted by molar-refractivity contribution is 7.86. The van der Waals surface area contributed by atoms with Crippen molar-refractivity contribution in [1.82, 2.24) is 4.31 Å². The Balaban J connectivity index is 2.60. The SMILES string of the molecule is N[C@@H]1CCCN(S(N)(=O)=O)C1. The summed E-state index contributed by atoms with van der Waals surface area (Å²) >= 11 is 0. The summed E-state index contributed by atoms with van der Waals surface area (Å²) in [6, 6.07) is -0.0536. The molecule has 0 aromatic heterocycles. The maximum atomic E-state index is 10.8. The zero-order valence-electron chi connectivity index (χ0n) is 6.23. The Labute approximate surface area is 66.5 Å². The Bertz CT molecular complexity index is 226. The van der Waals surface area contributed by atoms with Crippen molar-refractivity contribution >= 4 is 10.2 Å². The minimum Gasteiger partial charge on any atom is -0.327 e. The van der Waals surface area contributed by atoms with Crippen molar-refractivity contribution in [1.29, 1.82) is 0 Å². The lowest BCUT2D eigenvalue weighted by Gasteiger charge is -2.27. The summed E-state index contributed by atoms with van der Waals surface area (Å²) in [5.41, 5.74) is 5.56. The molecule has 0 radical (unpaired) electrons. The van der Waals surface area contributed by atoms with Crippen molar-refractivity contribution in [3.63, 3.8) is 0 Å². The number of piperidine rings is 1. The Morgan fingerprint density at radius 3 is 2.45 bits per heavy atom. The fourth-order valence-electron chi connectivity index (χ4n) is 1.21. The summed E-state index contributed by atoms with van der Waals surface area (Å²) in [5.74, 6) is 0. The highest BCUT2D eigenvalue weighted by atomic mass is 32.2. The molecule has 66 valence electrons. The average Bonchev–Trinajstić information content (AvgIpc) is 1.86. The molecule has 1 atom stereocenters. The number of rotatable bonds is 1. The lowest BCUT2D eigenvalue weighted by Crippen LogP contribution is -2.48. The van der Waals surface area contributed by atoms with Crippen LogP contribution in [0.1, 0.15) is 12.8 Å². The first-order chi connectivity index (χ1) is 5.00. The van der Waals surface area contributed by atoms with E-state index in [2.05, 4.69) is 0 Å². The Morgan fingerprint density at radius 2 is 2.09 bits per heavy atom. The molecule has 0 aromatic rings. The zero-order valence-corrected chi connectivity index (χ0v) is 7.05. The topological polar surface area (TPSA) is 89.4 Å². The van der Waals surface area contributed by atoms with Crippen molar-refractivity contribution in [2.45, 2.75) is 18.9 Å². The molecule has 0 spiro atoms. The van der Waals surface area contributed by atoms with E-state index in [4.69, 9.17) is 10.9 Å². The lowest BCUT2D eigenvalue weighted by atomic mass is 10.1. The second-order valence-electron chi connectivity index (χ2n) is 2.81. The summed E-state index contributed by atoms with van der Waals surface area (Å²) in [6.07, 6.45) is 1.68. The van der Waals surface area contributed by atoms with E-state index in [0.29, 0.717) is 13.1 Å². The smallest absolute Gasteiger partial charge is 0.276 e. The van der Waals surface area contributed by atoms with Gasteiger partial charge in [-0.25, -0.2) is 5.14 Å². The third-order valence-corrected chi connectivity index (χ3v) is 2.83. The van der Waals surface area contributed by atoms with E-state index in [1.807, 2.05) is 0 Å². The van der Waals surface area contributed by atoms with Crippen LogP contribution in [0.3, 0.4) is 0 Å². The van der Waals surface area contributed by atoms with Gasteiger partial charge in [0.2, 0.25) is 0 Å². The molecule has 1 rings (SSSR count). The highest BCUT2D eigenvalue weighted by Gasteiger charge is 2.23. The van der Waals surface area contributed by atoms with Crippen molar-refractivity contribution < 1.29 is 8.42 Å². The van der Waals surface area contributed by atoms with Gasteiger partial charge in [-0.3, -0.25) is 0 Å². The maximum absolute atomic E-state index is 10.8. The van der Waals surface area contributed by atoms with E-state index in [-0.39, 0.29) is 6.04 Å². The van der Waals surface area contributed by atoms with Gasteiger partial charge in [-0.15, -0.1) is 0 Å². The standard InChI is InChI=1S/C5H13N3O2S/c6-5-2-1-3-8(4-5)11(7,9)10/h5H,1-4,6H2,(H2,7,9,10)/t5-/m1/s1. The van der Waals surface area contributed by atoms with Crippen LogP contribution in [0.25, 0.3) is 0 Å². The summed E-state index contributed by atoms with van der Waals surface area (Å²) in [4.78, 5) is 0. The van der Waals surface area contributed by atoms with E-state index in [1.54, 1.807) is 0 Å². The van der Waals surface area contributed by atoms with E-state index >= 15 is 0 Å². The van der Waals surface area contributed by atoms with E-state index in [0.717, 1.165) is 12.8 Å². The molecule has 1 fully saturated rings. The van der Waals surface area contributed by atoms with Gasteiger partial charge in [-0.05, 0) is 12.8 Å². The molecule has 1 saturated heterocycles. The molecular formula is C5H13N3O2S. The quantitative estimate of drug-likeness (QED) is 0.519. The summed E-state index contributed by atoms with van der Waals surface area (Å²) in [6.45, 7) is 0.866. The van der Waals surface area contributed by atoms with Gasteiger partial charge in [-0.1, -0.05) is 0 Å². The van der Waals surface area contributed by atoms with Crippen LogP contribution >= 0.6 is 0 Å². The average molecular weight is 179 g/mol. The molecule has 0 amide bonds. The lowest BCUT2D eigenvalue weighted by molar-refractivity contribution is 0.316. The van der Waals surface area contributed by atoms with Gasteiger partial charge in [0.25, 0.3) is 10.2 Å². The van der Waals surface area contributed by atoms with Gasteiger partial charge in [0, 0.05) is 19.1 Å². The Kier molecular flexibility index (Phi) is 2.48. The monoisotopic (exact) mass is 179 g/mol. The number of nitrogens with zero attached hydrogens (tertiary/aromatic N) is 1. The largest absolute Gasteiger partial charge is 0.327 e. The van der Waals surface area contributed by atoms with Crippen molar-refractivity contribution in [3.05, 3.63) is 0 Å². The van der Waals surface area contributed by atoms with Crippen LogP contribution in [0, 0.1) is 0 Å². The minimum absolute atomic E-state index is 0.0536. The van der Waals surface area contributed by atoms with Gasteiger partial charge in [-0.2, -0.15) is 12.7 Å². The van der Waals surface area contributed by atoms with Crippen LogP contribution in [0.2, 0.25) is 0 Å². The molecule has 0 saturated carbocycles. The molecule has 0 unspecified atom stereocenters. The van der Waals surface area contributed by atoms with Crippen LogP contribution < -0.4 is 10.9 Å². The normalized spacial score (nSPS) is 28.7. The predicted molar refractivity (Wildman–Crippen MR) is 41.9 cm³/mol. The van der Waals surface area contributed by atoms with Crippen LogP contribution in [0.5, 0.6) is 0 Å². The zero-order chi connectivity index (χ0) is 8.48. The first kappa shape index (κ1) is 8.92. The first-order valence-corrected chi connectivity index (χ1v) is 5.04. The molecule has 0 aromatic carbocycles. The Morgan fingerprint density at radius 1 is 1.45 bits per heavy atom. The summed E-state index contributed by atoms with van der Waals surface area (Å²) in [5, 5.41) is 4.92. The van der Waals surface area contributed by atoms with Gasteiger partial charge in [0.15, 0.2) is 0 Å². The highest BCUT2D eigenvalue weighted by Crippen LogP contribution is 2.09. The predicted octanol–water partition coefficient (Wildman–Crippen LogP) is -1.39. The fraction of sp³-hybridized carbons (Fsp3) is 1.00. The molecule has 4 N–H and O–H groups in total. The molecule has 11 heavy (non-hydrogen) atoms. The molecular weight excluding hydrogens is 166 g/mol. The third-order valence-electron chi connectivity index (χ3n) is 1.78. The van der Waals surface area contributed by atoms with E-state index in [1.165, 1.54) is 4.31 Å². The van der Waals surface area contributed by atoms with Crippen LogP contribution in [0.15, 0.2) is 0 Å². The van der Waals surface area contributed by atoms with E-state index < -0.39 is 10.2 Å². The van der Waals surface area contributed by atoms with Gasteiger partial charge >= 0.3 is 0 Å². The first-order valence-electron chi connectivity index (χ1n) is 3.53. The molecule has 0 aliphatic carbocycles. The summed E-state index contributed by atoms with van der Waals surface area (Å²) in [7, 11) is -3.51. The van der Waals surface area contributed by atoms with Gasteiger partial charge < -0.3 is 5.73 Å². The number of hydrogen-bond donors (Lipinski definition) is 2. The number of hydrogen-bond acceptors (Lipinski definition) is 3. The molecule has 1 aliphatic rings. The second kappa shape index (κ2) is 3.06. The molecule has 1 aliphatic heterocycles. The summed E-state index contributed by atoms with van der Waals surface area (Å²) < 4.78 is 22.8. The van der Waals surface area contributed by atoms with Crippen molar-refractivity contribution in [2.24, 2.45) is 10.9 Å². The van der Waals surface area contributed by atoms with Crippen LogP contribution in [-0.4, -0.2) is 31.9 Å². The van der Waals surface area contributed by atoms with Crippen LogP contribution in [0.4, 0.5) is 0 Å². The van der Waals surface area contributed by atoms with Gasteiger partial charge in [0.05, 0.1) is 0 Å². The fourth-order valence-corrected chi connectivity index (χ4v) is 1.99.